The molecule has 0 saturated carbocycles. The molecule has 0 atom stereocenters. The van der Waals surface area contributed by atoms with Crippen molar-refractivity contribution in [3.05, 3.63) is 74.6 Å². The number of imidazole rings is 1. The molecule has 32 heavy (non-hydrogen) atoms. The molecule has 0 radical (unpaired) electrons. The summed E-state index contributed by atoms with van der Waals surface area (Å²) in [6.45, 7) is 0.751. The van der Waals surface area contributed by atoms with Gasteiger partial charge in [0.25, 0.3) is 11.2 Å². The molecule has 0 fully saturated rings. The minimum absolute atomic E-state index is 0.0372. The smallest absolute Gasteiger partial charge is 0.271 e. The maximum Gasteiger partial charge on any atom is 0.271 e. The Balaban J connectivity index is 1.65. The number of nitro benzene ring substituents is 1. The van der Waals surface area contributed by atoms with Crippen LogP contribution in [0.1, 0.15) is 37.7 Å². The van der Waals surface area contributed by atoms with E-state index in [-0.39, 0.29) is 11.2 Å². The Bertz CT molecular complexity index is 1520. The summed E-state index contributed by atoms with van der Waals surface area (Å²) in [6, 6.07) is 14.5. The number of nitrogens with two attached hydrogens (primary N) is 1. The van der Waals surface area contributed by atoms with Crippen molar-refractivity contribution in [1.82, 2.24) is 9.38 Å². The summed E-state index contributed by atoms with van der Waals surface area (Å²) in [5.41, 5.74) is 8.20. The van der Waals surface area contributed by atoms with Crippen LogP contribution in [0.5, 0.6) is 0 Å². The van der Waals surface area contributed by atoms with E-state index in [0.29, 0.717) is 22.1 Å². The fraction of sp³-hybridized carbons (Fsp3) is 0.280. The molecule has 0 saturated heterocycles. The Labute approximate surface area is 184 Å². The van der Waals surface area contributed by atoms with Gasteiger partial charge in [-0.3, -0.25) is 19.3 Å². The molecule has 2 N–H and O–H groups in total. The number of benzene rings is 3. The number of fused-ring (bicyclic) bond motifs is 4. The molecular weight excluding hydrogens is 404 g/mol. The van der Waals surface area contributed by atoms with E-state index in [1.807, 2.05) is 18.2 Å². The maximum absolute atomic E-state index is 13.4. The van der Waals surface area contributed by atoms with Crippen molar-refractivity contribution >= 4 is 43.9 Å². The van der Waals surface area contributed by atoms with Crippen LogP contribution in [0.25, 0.3) is 38.2 Å². The highest BCUT2D eigenvalue weighted by Gasteiger charge is 2.18. The van der Waals surface area contributed by atoms with Crippen LogP contribution in [-0.4, -0.2) is 20.9 Å². The van der Waals surface area contributed by atoms with Gasteiger partial charge in [0.1, 0.15) is 5.65 Å². The summed E-state index contributed by atoms with van der Waals surface area (Å²) in [5.74, 6) is 0. The van der Waals surface area contributed by atoms with E-state index in [9.17, 15) is 14.9 Å². The van der Waals surface area contributed by atoms with Crippen molar-refractivity contribution in [2.45, 2.75) is 38.5 Å². The fourth-order valence-corrected chi connectivity index (χ4v) is 4.73. The topological polar surface area (TPSA) is 104 Å². The quantitative estimate of drug-likeness (QED) is 0.214. The highest BCUT2D eigenvalue weighted by atomic mass is 16.6. The minimum Gasteiger partial charge on any atom is -0.330 e. The second-order valence-electron chi connectivity index (χ2n) is 8.31. The first-order chi connectivity index (χ1) is 15.6. The number of nitrogens with zero attached hydrogens (tertiary/aromatic N) is 3. The SMILES string of the molecule is NCCCCCCCc1ccc2c3c1cccc3c(=O)n1c3ccc([N+](=O)[O-])cc3nc21. The number of rotatable bonds is 8. The molecule has 2 heterocycles. The van der Waals surface area contributed by atoms with Crippen LogP contribution in [0.3, 0.4) is 0 Å². The van der Waals surface area contributed by atoms with Crippen LogP contribution in [0.15, 0.2) is 53.3 Å². The summed E-state index contributed by atoms with van der Waals surface area (Å²) in [5, 5.41) is 14.7. The van der Waals surface area contributed by atoms with Crippen molar-refractivity contribution in [2.75, 3.05) is 6.54 Å². The number of aromatic nitrogens is 2. The van der Waals surface area contributed by atoms with E-state index < -0.39 is 4.92 Å². The first-order valence-corrected chi connectivity index (χ1v) is 11.1. The number of nitro groups is 1. The Kier molecular flexibility index (Phi) is 5.19. The van der Waals surface area contributed by atoms with Gasteiger partial charge >= 0.3 is 0 Å². The average molecular weight is 428 g/mol. The molecule has 0 amide bonds. The van der Waals surface area contributed by atoms with Gasteiger partial charge in [0.2, 0.25) is 0 Å². The number of aryl methyl sites for hydroxylation is 1. The van der Waals surface area contributed by atoms with E-state index in [0.717, 1.165) is 48.4 Å². The van der Waals surface area contributed by atoms with Gasteiger partial charge < -0.3 is 5.73 Å². The summed E-state index contributed by atoms with van der Waals surface area (Å²) in [4.78, 5) is 28.8. The first-order valence-electron chi connectivity index (χ1n) is 11.1. The van der Waals surface area contributed by atoms with E-state index >= 15 is 0 Å². The molecule has 7 nitrogen and oxygen atoms in total. The van der Waals surface area contributed by atoms with E-state index in [2.05, 4.69) is 17.1 Å². The lowest BCUT2D eigenvalue weighted by molar-refractivity contribution is -0.384. The van der Waals surface area contributed by atoms with Gasteiger partial charge in [-0.25, -0.2) is 4.98 Å². The third-order valence-electron chi connectivity index (χ3n) is 6.30. The van der Waals surface area contributed by atoms with Gasteiger partial charge in [-0.1, -0.05) is 43.5 Å². The molecule has 0 bridgehead atoms. The molecule has 7 heteroatoms. The molecule has 5 rings (SSSR count). The third kappa shape index (κ3) is 3.26. The lowest BCUT2D eigenvalue weighted by atomic mass is 9.95. The maximum atomic E-state index is 13.4. The predicted molar refractivity (Wildman–Crippen MR) is 128 cm³/mol. The van der Waals surface area contributed by atoms with E-state index in [4.69, 9.17) is 5.73 Å². The normalized spacial score (nSPS) is 11.9. The van der Waals surface area contributed by atoms with Crippen LogP contribution < -0.4 is 11.3 Å². The second-order valence-corrected chi connectivity index (χ2v) is 8.31. The Morgan fingerprint density at radius 1 is 0.938 bits per heavy atom. The van der Waals surface area contributed by atoms with Gasteiger partial charge in [-0.15, -0.1) is 0 Å². The van der Waals surface area contributed by atoms with Crippen molar-refractivity contribution < 1.29 is 4.92 Å². The zero-order valence-corrected chi connectivity index (χ0v) is 17.7. The zero-order chi connectivity index (χ0) is 22.2. The average Bonchev–Trinajstić information content (AvgIpc) is 3.19. The van der Waals surface area contributed by atoms with Crippen LogP contribution in [0, 0.1) is 10.1 Å². The number of pyridine rings is 1. The summed E-state index contributed by atoms with van der Waals surface area (Å²) < 4.78 is 1.58. The largest absolute Gasteiger partial charge is 0.330 e. The van der Waals surface area contributed by atoms with Crippen LogP contribution in [0.4, 0.5) is 5.69 Å². The van der Waals surface area contributed by atoms with Crippen molar-refractivity contribution in [3.8, 4) is 0 Å². The Hall–Kier alpha value is -3.58. The molecule has 0 unspecified atom stereocenters. The van der Waals surface area contributed by atoms with Gasteiger partial charge in [0.15, 0.2) is 0 Å². The van der Waals surface area contributed by atoms with Gasteiger partial charge in [-0.05, 0) is 48.9 Å². The molecule has 0 aliphatic carbocycles. The van der Waals surface area contributed by atoms with Crippen molar-refractivity contribution in [2.24, 2.45) is 5.73 Å². The highest BCUT2D eigenvalue weighted by Crippen LogP contribution is 2.33. The van der Waals surface area contributed by atoms with Gasteiger partial charge in [-0.2, -0.15) is 0 Å². The Morgan fingerprint density at radius 2 is 1.72 bits per heavy atom. The molecule has 3 aromatic carbocycles. The standard InChI is InChI=1S/C25H24N4O3/c26-14-5-3-1-2-4-7-16-10-12-19-23-18(16)8-6-9-20(23)25(30)28-22-13-11-17(29(31)32)15-21(22)27-24(19)28/h6,8-13,15H,1-5,7,14,26H2. The highest BCUT2D eigenvalue weighted by molar-refractivity contribution is 6.16. The van der Waals surface area contributed by atoms with Gasteiger partial charge in [0, 0.05) is 28.3 Å². The minimum atomic E-state index is -0.447. The molecular formula is C25H24N4O3. The number of unbranched alkanes of at least 4 members (excludes halogenated alkanes) is 4. The van der Waals surface area contributed by atoms with Crippen LogP contribution >= 0.6 is 0 Å². The molecule has 162 valence electrons. The lowest BCUT2D eigenvalue weighted by Gasteiger charge is -2.11. The fourth-order valence-electron chi connectivity index (χ4n) is 4.73. The first kappa shape index (κ1) is 20.3. The predicted octanol–water partition coefficient (Wildman–Crippen LogP) is 4.95. The number of hydrogen-bond donors (Lipinski definition) is 1. The lowest BCUT2D eigenvalue weighted by Crippen LogP contribution is -2.13. The molecule has 0 spiro atoms. The third-order valence-corrected chi connectivity index (χ3v) is 6.30. The van der Waals surface area contributed by atoms with Gasteiger partial charge in [0.05, 0.1) is 16.0 Å². The van der Waals surface area contributed by atoms with E-state index in [1.165, 1.54) is 30.5 Å². The Morgan fingerprint density at radius 3 is 2.53 bits per heavy atom. The summed E-state index contributed by atoms with van der Waals surface area (Å²) in [6.07, 6.45) is 6.65. The number of non-ortho nitro benzene ring substituents is 1. The monoisotopic (exact) mass is 428 g/mol. The molecule has 0 aliphatic rings. The molecule has 2 aromatic heterocycles. The van der Waals surface area contributed by atoms with Crippen molar-refractivity contribution in [3.63, 3.8) is 0 Å². The number of hydrogen-bond acceptors (Lipinski definition) is 5. The second kappa shape index (κ2) is 8.16. The molecule has 0 aliphatic heterocycles. The summed E-state index contributed by atoms with van der Waals surface area (Å²) in [7, 11) is 0. The summed E-state index contributed by atoms with van der Waals surface area (Å²) >= 11 is 0. The zero-order valence-electron chi connectivity index (χ0n) is 17.7. The van der Waals surface area contributed by atoms with Crippen LogP contribution in [0.2, 0.25) is 0 Å². The van der Waals surface area contributed by atoms with Crippen molar-refractivity contribution in [1.29, 1.82) is 0 Å². The van der Waals surface area contributed by atoms with E-state index in [1.54, 1.807) is 10.5 Å². The molecule has 5 aromatic rings. The van der Waals surface area contributed by atoms with Crippen LogP contribution in [-0.2, 0) is 6.42 Å².